The average Bonchev–Trinajstić information content (AvgIpc) is 2.55. The zero-order valence-electron chi connectivity index (χ0n) is 15.7. The lowest BCUT2D eigenvalue weighted by molar-refractivity contribution is 0.480. The molecule has 0 aromatic heterocycles. The summed E-state index contributed by atoms with van der Waals surface area (Å²) in [5, 5.41) is 0. The Morgan fingerprint density at radius 1 is 0.846 bits per heavy atom. The zero-order chi connectivity index (χ0) is 19.3. The molecule has 0 amide bonds. The van der Waals surface area contributed by atoms with E-state index in [0.29, 0.717) is 0 Å². The second-order valence-corrected chi connectivity index (χ2v) is 6.68. The van der Waals surface area contributed by atoms with Crippen molar-refractivity contribution in [1.82, 2.24) is 0 Å². The van der Waals surface area contributed by atoms with Crippen molar-refractivity contribution < 1.29 is 4.74 Å². The fourth-order valence-corrected chi connectivity index (χ4v) is 2.62. The van der Waals surface area contributed by atoms with Gasteiger partial charge in [0, 0.05) is 0 Å². The van der Waals surface area contributed by atoms with Gasteiger partial charge in [0.25, 0.3) is 0 Å². The molecular weight excluding hydrogens is 326 g/mol. The highest BCUT2D eigenvalue weighted by Gasteiger charge is 2.17. The van der Waals surface area contributed by atoms with Crippen LogP contribution in [0.5, 0.6) is 11.5 Å². The Balaban J connectivity index is 2.58. The number of guanidine groups is 2. The van der Waals surface area contributed by atoms with Crippen LogP contribution >= 0.6 is 0 Å². The molecule has 0 aliphatic carbocycles. The maximum Gasteiger partial charge on any atom is 0.223 e. The predicted molar refractivity (Wildman–Crippen MR) is 108 cm³/mol. The lowest BCUT2D eigenvalue weighted by atomic mass is 9.92. The molecule has 0 aliphatic heterocycles. The molecule has 0 saturated heterocycles. The van der Waals surface area contributed by atoms with Crippen LogP contribution < -0.4 is 21.9 Å². The summed E-state index contributed by atoms with van der Waals surface area (Å²) < 4.78 is 6.04. The fraction of sp³-hybridized carbons (Fsp3) is 0.300. The van der Waals surface area contributed by atoms with E-state index in [9.17, 15) is 0 Å². The molecule has 0 bridgehead atoms. The van der Waals surface area contributed by atoms with Gasteiger partial charge in [-0.2, -0.15) is 4.99 Å². The first-order chi connectivity index (χ1) is 12.3. The second-order valence-electron chi connectivity index (χ2n) is 6.68. The van der Waals surface area contributed by atoms with Crippen molar-refractivity contribution in [3.8, 4) is 11.5 Å². The molecule has 0 unspecified atom stereocenters. The van der Waals surface area contributed by atoms with E-state index in [1.807, 2.05) is 42.5 Å². The van der Waals surface area contributed by atoms with E-state index in [4.69, 9.17) is 21.9 Å². The Bertz CT molecular complexity index is 777. The summed E-state index contributed by atoms with van der Waals surface area (Å²) in [5.74, 6) is 1.91. The molecule has 0 radical (unpaired) electrons. The molecule has 0 atom stereocenters. The topological polar surface area (TPSA) is 112 Å². The average molecular weight is 353 g/mol. The van der Waals surface area contributed by atoms with Gasteiger partial charge in [0.1, 0.15) is 11.5 Å². The van der Waals surface area contributed by atoms with Gasteiger partial charge in [-0.3, -0.25) is 0 Å². The smallest absolute Gasteiger partial charge is 0.223 e. The van der Waals surface area contributed by atoms with Crippen LogP contribution in [0.2, 0.25) is 0 Å². The quantitative estimate of drug-likeness (QED) is 0.558. The standard InChI is InChI=1S/C20H27N5O/c1-12(2)16-10-15(26-14-8-6-5-7-9-14)11-17(13(3)4)18(16)24-20(23)25-19(21)22/h5-13H,1-4H3,(H6,21,22,23,24,25). The van der Waals surface area contributed by atoms with E-state index in [1.165, 1.54) is 0 Å². The Labute approximate surface area is 154 Å². The number of rotatable bonds is 5. The molecule has 26 heavy (non-hydrogen) atoms. The number of hydrogen-bond donors (Lipinski definition) is 3. The van der Waals surface area contributed by atoms with Crippen LogP contribution in [0.1, 0.15) is 50.7 Å². The Kier molecular flexibility index (Phi) is 6.22. The van der Waals surface area contributed by atoms with Crippen molar-refractivity contribution in [2.24, 2.45) is 27.2 Å². The number of nitrogens with zero attached hydrogens (tertiary/aromatic N) is 2. The Morgan fingerprint density at radius 3 is 1.85 bits per heavy atom. The summed E-state index contributed by atoms with van der Waals surface area (Å²) in [6.45, 7) is 8.39. The summed E-state index contributed by atoms with van der Waals surface area (Å²) in [6, 6.07) is 13.7. The van der Waals surface area contributed by atoms with Crippen LogP contribution in [0, 0.1) is 0 Å². The highest BCUT2D eigenvalue weighted by atomic mass is 16.5. The minimum atomic E-state index is -0.118. The third kappa shape index (κ3) is 4.99. The van der Waals surface area contributed by atoms with Gasteiger partial charge in [-0.1, -0.05) is 45.9 Å². The lowest BCUT2D eigenvalue weighted by Gasteiger charge is -2.19. The largest absolute Gasteiger partial charge is 0.457 e. The van der Waals surface area contributed by atoms with Crippen LogP contribution in [0.25, 0.3) is 0 Å². The molecular formula is C20H27N5O. The molecule has 6 N–H and O–H groups in total. The van der Waals surface area contributed by atoms with Gasteiger partial charge >= 0.3 is 0 Å². The predicted octanol–water partition coefficient (Wildman–Crippen LogP) is 3.95. The third-order valence-corrected chi connectivity index (χ3v) is 3.84. The van der Waals surface area contributed by atoms with E-state index in [-0.39, 0.29) is 23.8 Å². The van der Waals surface area contributed by atoms with Gasteiger partial charge < -0.3 is 21.9 Å². The molecule has 0 spiro atoms. The Hall–Kier alpha value is -3.02. The maximum atomic E-state index is 6.04. The fourth-order valence-electron chi connectivity index (χ4n) is 2.62. The highest BCUT2D eigenvalue weighted by molar-refractivity contribution is 5.94. The Morgan fingerprint density at radius 2 is 1.38 bits per heavy atom. The molecule has 6 nitrogen and oxygen atoms in total. The molecule has 6 heteroatoms. The summed E-state index contributed by atoms with van der Waals surface area (Å²) in [6.07, 6.45) is 0. The summed E-state index contributed by atoms with van der Waals surface area (Å²) in [5.41, 5.74) is 19.5. The van der Waals surface area contributed by atoms with E-state index < -0.39 is 0 Å². The van der Waals surface area contributed by atoms with Crippen LogP contribution in [-0.4, -0.2) is 11.9 Å². The summed E-state index contributed by atoms with van der Waals surface area (Å²) in [4.78, 5) is 8.31. The van der Waals surface area contributed by atoms with Crippen LogP contribution in [0.3, 0.4) is 0 Å². The SMILES string of the molecule is CC(C)c1cc(Oc2ccccc2)cc(C(C)C)c1N=C(N)N=C(N)N. The van der Waals surface area contributed by atoms with E-state index in [0.717, 1.165) is 28.3 Å². The van der Waals surface area contributed by atoms with E-state index in [2.05, 4.69) is 37.7 Å². The molecule has 2 rings (SSSR count). The number of benzene rings is 2. The van der Waals surface area contributed by atoms with Gasteiger partial charge in [0.2, 0.25) is 5.96 Å². The number of aliphatic imine (C=N–C) groups is 2. The van der Waals surface area contributed by atoms with Gasteiger partial charge in [-0.15, -0.1) is 0 Å². The second kappa shape index (κ2) is 8.38. The van der Waals surface area contributed by atoms with E-state index >= 15 is 0 Å². The first kappa shape index (κ1) is 19.3. The minimum absolute atomic E-state index is 0.0329. The molecule has 2 aromatic rings. The number of para-hydroxylation sites is 1. The number of ether oxygens (including phenoxy) is 1. The molecule has 0 saturated carbocycles. The van der Waals surface area contributed by atoms with Gasteiger partial charge in [-0.25, -0.2) is 4.99 Å². The number of hydrogen-bond acceptors (Lipinski definition) is 2. The zero-order valence-corrected chi connectivity index (χ0v) is 15.7. The molecule has 0 heterocycles. The normalized spacial score (nSPS) is 11.7. The molecule has 0 fully saturated rings. The molecule has 138 valence electrons. The molecule has 0 aliphatic rings. The van der Waals surface area contributed by atoms with Gasteiger partial charge in [-0.05, 0) is 47.2 Å². The molecule has 2 aromatic carbocycles. The van der Waals surface area contributed by atoms with Crippen molar-refractivity contribution in [2.75, 3.05) is 0 Å². The lowest BCUT2D eigenvalue weighted by Crippen LogP contribution is -2.26. The maximum absolute atomic E-state index is 6.04. The van der Waals surface area contributed by atoms with Crippen LogP contribution in [0.4, 0.5) is 5.69 Å². The first-order valence-electron chi connectivity index (χ1n) is 8.62. The minimum Gasteiger partial charge on any atom is -0.457 e. The van der Waals surface area contributed by atoms with Crippen molar-refractivity contribution in [2.45, 2.75) is 39.5 Å². The van der Waals surface area contributed by atoms with Crippen LogP contribution in [0.15, 0.2) is 52.4 Å². The summed E-state index contributed by atoms with van der Waals surface area (Å²) >= 11 is 0. The monoisotopic (exact) mass is 353 g/mol. The summed E-state index contributed by atoms with van der Waals surface area (Å²) in [7, 11) is 0. The number of nitrogens with two attached hydrogens (primary N) is 3. The van der Waals surface area contributed by atoms with Crippen molar-refractivity contribution in [1.29, 1.82) is 0 Å². The highest BCUT2D eigenvalue weighted by Crippen LogP contribution is 2.39. The van der Waals surface area contributed by atoms with Crippen LogP contribution in [-0.2, 0) is 0 Å². The van der Waals surface area contributed by atoms with Gasteiger partial charge in [0.15, 0.2) is 5.96 Å². The van der Waals surface area contributed by atoms with Crippen molar-refractivity contribution >= 4 is 17.6 Å². The first-order valence-corrected chi connectivity index (χ1v) is 8.62. The third-order valence-electron chi connectivity index (χ3n) is 3.84. The van der Waals surface area contributed by atoms with Crippen molar-refractivity contribution in [3.05, 3.63) is 53.6 Å². The van der Waals surface area contributed by atoms with Crippen molar-refractivity contribution in [3.63, 3.8) is 0 Å². The van der Waals surface area contributed by atoms with E-state index in [1.54, 1.807) is 0 Å². The van der Waals surface area contributed by atoms with Gasteiger partial charge in [0.05, 0.1) is 5.69 Å².